The fourth-order valence-electron chi connectivity index (χ4n) is 2.17. The fourth-order valence-corrected chi connectivity index (χ4v) is 2.95. The van der Waals surface area contributed by atoms with E-state index in [0.29, 0.717) is 12.1 Å². The van der Waals surface area contributed by atoms with Crippen LogP contribution in [-0.2, 0) is 6.42 Å². The lowest BCUT2D eigenvalue weighted by Crippen LogP contribution is -2.20. The van der Waals surface area contributed by atoms with Gasteiger partial charge in [0.25, 0.3) is 5.91 Å². The van der Waals surface area contributed by atoms with E-state index in [2.05, 4.69) is 35.8 Å². The molecule has 11 heteroatoms. The number of aryl methyl sites for hydroxylation is 1. The molecule has 1 amide bonds. The molecule has 0 saturated carbocycles. The number of nitrogens with zero attached hydrogens (tertiary/aromatic N) is 6. The molecular weight excluding hydrogens is 344 g/mol. The molecule has 0 radical (unpaired) electrons. The lowest BCUT2D eigenvalue weighted by Gasteiger charge is -2.03. The highest BCUT2D eigenvalue weighted by Gasteiger charge is 2.23. The molecule has 10 nitrogen and oxygen atoms in total. The molecule has 3 N–H and O–H groups in total. The molecule has 0 aliphatic heterocycles. The van der Waals surface area contributed by atoms with Crippen LogP contribution in [0.5, 0.6) is 0 Å². The molecule has 0 saturated heterocycles. The number of nitrogens with one attached hydrogen (secondary N) is 1. The zero-order valence-electron chi connectivity index (χ0n) is 13.6. The molecule has 0 aliphatic carbocycles. The van der Waals surface area contributed by atoms with Crippen LogP contribution in [0.25, 0.3) is 5.82 Å². The van der Waals surface area contributed by atoms with Gasteiger partial charge >= 0.3 is 0 Å². The van der Waals surface area contributed by atoms with Gasteiger partial charge in [-0.15, -0.1) is 16.4 Å². The average molecular weight is 360 g/mol. The van der Waals surface area contributed by atoms with Crippen molar-refractivity contribution in [2.24, 2.45) is 5.10 Å². The SMILES string of the molecule is CCCc1c(C(=O)N/N=C/c2sccc2C)nnn1-c1nonc1N. The third-order valence-corrected chi connectivity index (χ3v) is 4.36. The Balaban J connectivity index is 1.83. The summed E-state index contributed by atoms with van der Waals surface area (Å²) in [4.78, 5) is 13.4. The normalized spacial score (nSPS) is 11.3. The van der Waals surface area contributed by atoms with E-state index >= 15 is 0 Å². The van der Waals surface area contributed by atoms with Gasteiger partial charge < -0.3 is 5.73 Å². The third kappa shape index (κ3) is 3.40. The van der Waals surface area contributed by atoms with E-state index in [-0.39, 0.29) is 17.3 Å². The highest BCUT2D eigenvalue weighted by atomic mass is 32.1. The van der Waals surface area contributed by atoms with Crippen molar-refractivity contribution >= 4 is 29.3 Å². The average Bonchev–Trinajstić information content (AvgIpc) is 3.29. The van der Waals surface area contributed by atoms with Gasteiger partial charge in [-0.3, -0.25) is 4.79 Å². The summed E-state index contributed by atoms with van der Waals surface area (Å²) in [5.41, 5.74) is 9.97. The Hall–Kier alpha value is -3.08. The van der Waals surface area contributed by atoms with Gasteiger partial charge in [-0.25, -0.2) is 10.1 Å². The van der Waals surface area contributed by atoms with E-state index in [1.54, 1.807) is 17.6 Å². The van der Waals surface area contributed by atoms with Crippen LogP contribution in [0.3, 0.4) is 0 Å². The third-order valence-electron chi connectivity index (χ3n) is 3.41. The van der Waals surface area contributed by atoms with Crippen molar-refractivity contribution in [1.82, 2.24) is 30.7 Å². The molecule has 3 aromatic heterocycles. The van der Waals surface area contributed by atoms with E-state index in [4.69, 9.17) is 5.73 Å². The molecule has 0 aliphatic rings. The number of nitrogens with two attached hydrogens (primary N) is 1. The van der Waals surface area contributed by atoms with Crippen LogP contribution in [0.2, 0.25) is 0 Å². The Morgan fingerprint density at radius 1 is 1.52 bits per heavy atom. The summed E-state index contributed by atoms with van der Waals surface area (Å²) in [6, 6.07) is 1.98. The second-order valence-corrected chi connectivity index (χ2v) is 6.13. The van der Waals surface area contributed by atoms with Crippen LogP contribution >= 0.6 is 11.3 Å². The highest BCUT2D eigenvalue weighted by Crippen LogP contribution is 2.17. The summed E-state index contributed by atoms with van der Waals surface area (Å²) < 4.78 is 5.94. The second-order valence-electron chi connectivity index (χ2n) is 5.19. The van der Waals surface area contributed by atoms with Gasteiger partial charge in [-0.2, -0.15) is 9.78 Å². The molecule has 25 heavy (non-hydrogen) atoms. The molecule has 0 aromatic carbocycles. The van der Waals surface area contributed by atoms with Gasteiger partial charge in [0, 0.05) is 4.88 Å². The number of aromatic nitrogens is 5. The first-order valence-corrected chi connectivity index (χ1v) is 8.40. The predicted molar refractivity (Wildman–Crippen MR) is 91.7 cm³/mol. The minimum absolute atomic E-state index is 0.0698. The smallest absolute Gasteiger partial charge is 0.293 e. The molecule has 0 unspecified atom stereocenters. The van der Waals surface area contributed by atoms with Gasteiger partial charge in [0.2, 0.25) is 11.6 Å². The molecular formula is C14H16N8O2S. The predicted octanol–water partition coefficient (Wildman–Crippen LogP) is 1.32. The molecule has 0 fully saturated rings. The van der Waals surface area contributed by atoms with Crippen LogP contribution < -0.4 is 11.2 Å². The maximum absolute atomic E-state index is 12.4. The van der Waals surface area contributed by atoms with Crippen molar-refractivity contribution in [3.8, 4) is 5.82 Å². The molecule has 0 bridgehead atoms. The zero-order chi connectivity index (χ0) is 17.8. The number of amides is 1. The fraction of sp³-hybridized carbons (Fsp3) is 0.286. The molecule has 0 spiro atoms. The molecule has 0 atom stereocenters. The van der Waals surface area contributed by atoms with E-state index in [0.717, 1.165) is 16.9 Å². The van der Waals surface area contributed by atoms with Crippen molar-refractivity contribution in [2.45, 2.75) is 26.7 Å². The Morgan fingerprint density at radius 2 is 2.36 bits per heavy atom. The van der Waals surface area contributed by atoms with E-state index in [9.17, 15) is 4.79 Å². The summed E-state index contributed by atoms with van der Waals surface area (Å²) in [6.45, 7) is 3.95. The number of thiophene rings is 1. The summed E-state index contributed by atoms with van der Waals surface area (Å²) in [5, 5.41) is 21.0. The first-order valence-electron chi connectivity index (χ1n) is 7.52. The Labute approximate surface area is 146 Å². The van der Waals surface area contributed by atoms with Crippen LogP contribution in [0.1, 0.15) is 40.0 Å². The van der Waals surface area contributed by atoms with Gasteiger partial charge in [-0.05, 0) is 40.7 Å². The van der Waals surface area contributed by atoms with Crippen LogP contribution in [0, 0.1) is 6.92 Å². The number of carbonyl (C=O) groups is 1. The minimum atomic E-state index is -0.463. The second kappa shape index (κ2) is 7.21. The number of hydrazone groups is 1. The largest absolute Gasteiger partial charge is 0.378 e. The van der Waals surface area contributed by atoms with Gasteiger partial charge in [0.1, 0.15) is 0 Å². The summed E-state index contributed by atoms with van der Waals surface area (Å²) >= 11 is 1.54. The minimum Gasteiger partial charge on any atom is -0.378 e. The van der Waals surface area contributed by atoms with Crippen molar-refractivity contribution < 1.29 is 9.42 Å². The number of hydrogen-bond donors (Lipinski definition) is 2. The Morgan fingerprint density at radius 3 is 3.00 bits per heavy atom. The summed E-state index contributed by atoms with van der Waals surface area (Å²) in [5.74, 6) is -0.191. The molecule has 3 rings (SSSR count). The van der Waals surface area contributed by atoms with Gasteiger partial charge in [0.15, 0.2) is 5.69 Å². The monoisotopic (exact) mass is 360 g/mol. The van der Waals surface area contributed by atoms with E-state index < -0.39 is 5.91 Å². The van der Waals surface area contributed by atoms with Crippen molar-refractivity contribution in [1.29, 1.82) is 0 Å². The molecule has 3 aromatic rings. The first kappa shape index (κ1) is 16.8. The number of carbonyl (C=O) groups excluding carboxylic acids is 1. The van der Waals surface area contributed by atoms with E-state index in [1.807, 2.05) is 25.3 Å². The Bertz CT molecular complexity index is 910. The standard InChI is InChI=1S/C14H16N8O2S/c1-3-4-9-11(17-21-22(9)13-12(15)19-24-20-13)14(23)18-16-7-10-8(2)5-6-25-10/h5-7H,3-4H2,1-2H3,(H2,15,19)(H,18,23)/b16-7+. The van der Waals surface area contributed by atoms with Gasteiger partial charge in [0.05, 0.1) is 11.9 Å². The number of nitrogen functional groups attached to an aromatic ring is 1. The zero-order valence-corrected chi connectivity index (χ0v) is 14.4. The van der Waals surface area contributed by atoms with Gasteiger partial charge in [-0.1, -0.05) is 18.6 Å². The van der Waals surface area contributed by atoms with E-state index in [1.165, 1.54) is 4.68 Å². The van der Waals surface area contributed by atoms with Crippen LogP contribution in [0.15, 0.2) is 21.2 Å². The maximum Gasteiger partial charge on any atom is 0.293 e. The summed E-state index contributed by atoms with van der Waals surface area (Å²) in [7, 11) is 0. The van der Waals surface area contributed by atoms with Crippen molar-refractivity contribution in [2.75, 3.05) is 5.73 Å². The lowest BCUT2D eigenvalue weighted by atomic mass is 10.2. The van der Waals surface area contributed by atoms with Crippen molar-refractivity contribution in [3.63, 3.8) is 0 Å². The number of hydrogen-bond acceptors (Lipinski definition) is 9. The lowest BCUT2D eigenvalue weighted by molar-refractivity contribution is 0.0949. The number of rotatable bonds is 6. The number of anilines is 1. The maximum atomic E-state index is 12.4. The quantitative estimate of drug-likeness (QED) is 0.499. The topological polar surface area (TPSA) is 137 Å². The van der Waals surface area contributed by atoms with Crippen molar-refractivity contribution in [3.05, 3.63) is 33.3 Å². The summed E-state index contributed by atoms with van der Waals surface area (Å²) in [6.07, 6.45) is 2.92. The Kier molecular flexibility index (Phi) is 4.84. The van der Waals surface area contributed by atoms with Crippen LogP contribution in [0.4, 0.5) is 5.82 Å². The molecule has 130 valence electrons. The highest BCUT2D eigenvalue weighted by molar-refractivity contribution is 7.11. The van der Waals surface area contributed by atoms with Crippen LogP contribution in [-0.4, -0.2) is 37.4 Å². The first-order chi connectivity index (χ1) is 12.1. The molecule has 3 heterocycles.